The van der Waals surface area contributed by atoms with E-state index in [2.05, 4.69) is 20.3 Å². The molecule has 0 spiro atoms. The summed E-state index contributed by atoms with van der Waals surface area (Å²) in [6.45, 7) is 0. The highest BCUT2D eigenvalue weighted by Gasteiger charge is 2.25. The third kappa shape index (κ3) is 3.79. The maximum Gasteiger partial charge on any atom is 0.331 e. The molecule has 6 nitrogen and oxygen atoms in total. The monoisotopic (exact) mass is 361 g/mol. The van der Waals surface area contributed by atoms with E-state index in [-0.39, 0.29) is 10.1 Å². The van der Waals surface area contributed by atoms with E-state index in [0.717, 1.165) is 24.9 Å². The number of hydrogen-bond donors (Lipinski definition) is 1. The lowest BCUT2D eigenvalue weighted by atomic mass is 10.2. The lowest BCUT2D eigenvalue weighted by Gasteiger charge is -2.00. The Hall–Kier alpha value is -2.69. The second kappa shape index (κ2) is 7.25. The molecule has 0 aromatic heterocycles. The normalized spacial score (nSPS) is 17.8. The molecule has 0 atom stereocenters. The molecule has 0 saturated carbocycles. The van der Waals surface area contributed by atoms with Gasteiger partial charge in [-0.3, -0.25) is 10.1 Å². The smallest absolute Gasteiger partial charge is 0.331 e. The van der Waals surface area contributed by atoms with Gasteiger partial charge in [0.2, 0.25) is 0 Å². The summed E-state index contributed by atoms with van der Waals surface area (Å²) in [7, 11) is 1.13. The van der Waals surface area contributed by atoms with Gasteiger partial charge in [0.1, 0.15) is 0 Å². The number of hydrogen-bond acceptors (Lipinski definition) is 6. The van der Waals surface area contributed by atoms with E-state index >= 15 is 0 Å². The van der Waals surface area contributed by atoms with Crippen LogP contribution in [-0.4, -0.2) is 30.4 Å². The average Bonchev–Trinajstić information content (AvgIpc) is 2.89. The fourth-order valence-corrected chi connectivity index (χ4v) is 2.21. The summed E-state index contributed by atoms with van der Waals surface area (Å²) in [6.07, 6.45) is 1.57. The van der Waals surface area contributed by atoms with Gasteiger partial charge in [-0.15, -0.1) is 5.10 Å². The minimum absolute atomic E-state index is 0.0131. The summed E-state index contributed by atoms with van der Waals surface area (Å²) in [5, 5.41) is 9.03. The molecule has 0 unspecified atom stereocenters. The number of amides is 1. The highest BCUT2D eigenvalue weighted by Crippen LogP contribution is 2.23. The summed E-state index contributed by atoms with van der Waals surface area (Å²) in [6, 6.07) is 0.403. The van der Waals surface area contributed by atoms with Crippen LogP contribution >= 0.6 is 11.8 Å². The van der Waals surface area contributed by atoms with Crippen molar-refractivity contribution in [2.45, 2.75) is 0 Å². The minimum atomic E-state index is -1.98. The summed E-state index contributed by atoms with van der Waals surface area (Å²) in [4.78, 5) is 22.5. The van der Waals surface area contributed by atoms with Crippen molar-refractivity contribution >= 4 is 35.0 Å². The van der Waals surface area contributed by atoms with E-state index in [1.165, 1.54) is 0 Å². The molecule has 1 amide bonds. The molecule has 24 heavy (non-hydrogen) atoms. The third-order valence-corrected chi connectivity index (χ3v) is 3.48. The van der Waals surface area contributed by atoms with E-state index < -0.39 is 40.7 Å². The lowest BCUT2D eigenvalue weighted by Crippen LogP contribution is -2.19. The minimum Gasteiger partial charge on any atom is -0.466 e. The van der Waals surface area contributed by atoms with Crippen molar-refractivity contribution in [2.24, 2.45) is 10.2 Å². The fraction of sp³-hybridized carbons (Fsp3) is 0.0769. The summed E-state index contributed by atoms with van der Waals surface area (Å²) in [5.41, 5.74) is -0.671. The van der Waals surface area contributed by atoms with E-state index in [1.807, 2.05) is 0 Å². The summed E-state index contributed by atoms with van der Waals surface area (Å²) >= 11 is 0.745. The number of rotatable bonds is 3. The topological polar surface area (TPSA) is 80.1 Å². The van der Waals surface area contributed by atoms with Gasteiger partial charge in [-0.2, -0.15) is 5.10 Å². The highest BCUT2D eigenvalue weighted by molar-refractivity contribution is 8.18. The summed E-state index contributed by atoms with van der Waals surface area (Å²) in [5.74, 6) is -8.52. The van der Waals surface area contributed by atoms with Crippen LogP contribution < -0.4 is 5.32 Å². The SMILES string of the molecule is COC(=O)/C=C1/S/C(=N\N=Cc2cc(F)c(F)c(F)c2F)NC1=O. The Labute approximate surface area is 136 Å². The molecule has 1 saturated heterocycles. The van der Waals surface area contributed by atoms with Crippen molar-refractivity contribution in [1.82, 2.24) is 5.32 Å². The van der Waals surface area contributed by atoms with Crippen LogP contribution in [0.3, 0.4) is 0 Å². The van der Waals surface area contributed by atoms with Crippen LogP contribution in [0.25, 0.3) is 0 Å². The van der Waals surface area contributed by atoms with Crippen LogP contribution in [-0.2, 0) is 14.3 Å². The number of carbonyl (C=O) groups is 2. The molecule has 1 aromatic carbocycles. The molecule has 1 aliphatic rings. The first-order valence-corrected chi connectivity index (χ1v) is 6.88. The molecule has 1 aromatic rings. The van der Waals surface area contributed by atoms with Gasteiger partial charge in [0.15, 0.2) is 28.4 Å². The number of halogens is 4. The Morgan fingerprint density at radius 1 is 1.25 bits per heavy atom. The number of esters is 1. The first kappa shape index (κ1) is 17.7. The zero-order valence-corrected chi connectivity index (χ0v) is 12.6. The van der Waals surface area contributed by atoms with Gasteiger partial charge in [0, 0.05) is 11.6 Å². The second-order valence-electron chi connectivity index (χ2n) is 4.13. The first-order valence-electron chi connectivity index (χ1n) is 6.06. The van der Waals surface area contributed by atoms with Gasteiger partial charge in [0.25, 0.3) is 5.91 Å². The lowest BCUT2D eigenvalue weighted by molar-refractivity contribution is -0.135. The Bertz CT molecular complexity index is 808. The Morgan fingerprint density at radius 3 is 2.62 bits per heavy atom. The molecule has 11 heteroatoms. The van der Waals surface area contributed by atoms with Crippen molar-refractivity contribution in [3.63, 3.8) is 0 Å². The number of nitrogens with one attached hydrogen (secondary N) is 1. The number of carbonyl (C=O) groups excluding carboxylic acids is 2. The predicted octanol–water partition coefficient (Wildman–Crippen LogP) is 1.85. The summed E-state index contributed by atoms with van der Waals surface area (Å²) < 4.78 is 56.6. The molecule has 2 rings (SSSR count). The van der Waals surface area contributed by atoms with Crippen LogP contribution in [0.1, 0.15) is 5.56 Å². The second-order valence-corrected chi connectivity index (χ2v) is 5.16. The van der Waals surface area contributed by atoms with Crippen LogP contribution in [0.2, 0.25) is 0 Å². The zero-order chi connectivity index (χ0) is 17.9. The third-order valence-electron chi connectivity index (χ3n) is 2.58. The van der Waals surface area contributed by atoms with Crippen LogP contribution in [0, 0.1) is 23.3 Å². The van der Waals surface area contributed by atoms with Gasteiger partial charge in [-0.1, -0.05) is 0 Å². The largest absolute Gasteiger partial charge is 0.466 e. The van der Waals surface area contributed by atoms with Crippen molar-refractivity contribution in [3.05, 3.63) is 45.9 Å². The van der Waals surface area contributed by atoms with E-state index in [4.69, 9.17) is 0 Å². The van der Waals surface area contributed by atoms with Crippen molar-refractivity contribution in [2.75, 3.05) is 7.11 Å². The molecular weight excluding hydrogens is 354 g/mol. The molecule has 1 aliphatic heterocycles. The fourth-order valence-electron chi connectivity index (χ4n) is 1.47. The highest BCUT2D eigenvalue weighted by atomic mass is 32.2. The molecule has 1 heterocycles. The van der Waals surface area contributed by atoms with Gasteiger partial charge in [-0.25, -0.2) is 22.4 Å². The number of nitrogens with zero attached hydrogens (tertiary/aromatic N) is 2. The van der Waals surface area contributed by atoms with Crippen molar-refractivity contribution < 1.29 is 31.9 Å². The Balaban J connectivity index is 2.18. The Morgan fingerprint density at radius 2 is 1.96 bits per heavy atom. The average molecular weight is 361 g/mol. The van der Waals surface area contributed by atoms with Crippen LogP contribution in [0.5, 0.6) is 0 Å². The van der Waals surface area contributed by atoms with Gasteiger partial charge in [-0.05, 0) is 17.8 Å². The predicted molar refractivity (Wildman–Crippen MR) is 77.1 cm³/mol. The maximum absolute atomic E-state index is 13.4. The number of benzene rings is 1. The molecule has 0 bridgehead atoms. The van der Waals surface area contributed by atoms with Crippen molar-refractivity contribution in [3.8, 4) is 0 Å². The number of methoxy groups -OCH3 is 1. The van der Waals surface area contributed by atoms with Gasteiger partial charge in [0.05, 0.1) is 18.2 Å². The first-order chi connectivity index (χ1) is 11.3. The molecule has 126 valence electrons. The quantitative estimate of drug-likeness (QED) is 0.170. The number of ether oxygens (including phenoxy) is 1. The molecule has 1 fully saturated rings. The molecule has 0 radical (unpaired) electrons. The van der Waals surface area contributed by atoms with Gasteiger partial charge >= 0.3 is 5.97 Å². The molecule has 0 aliphatic carbocycles. The maximum atomic E-state index is 13.4. The van der Waals surface area contributed by atoms with E-state index in [9.17, 15) is 27.2 Å². The number of thioether (sulfide) groups is 1. The van der Waals surface area contributed by atoms with E-state index in [1.54, 1.807) is 0 Å². The standard InChI is InChI=1S/C13H7F4N3O3S/c1-23-8(21)3-7-12(22)19-13(24-7)20-18-4-5-2-6(14)10(16)11(17)9(5)15/h2-4H,1H3,(H,19,20,22)/b7-3+,18-4?. The molecule has 1 N–H and O–H groups in total. The van der Waals surface area contributed by atoms with E-state index in [0.29, 0.717) is 12.3 Å². The Kier molecular flexibility index (Phi) is 5.34. The van der Waals surface area contributed by atoms with Gasteiger partial charge < -0.3 is 4.74 Å². The van der Waals surface area contributed by atoms with Crippen molar-refractivity contribution in [1.29, 1.82) is 0 Å². The van der Waals surface area contributed by atoms with Crippen LogP contribution in [0.15, 0.2) is 27.3 Å². The van der Waals surface area contributed by atoms with Crippen LogP contribution in [0.4, 0.5) is 17.6 Å². The molecular formula is C13H7F4N3O3S. The zero-order valence-electron chi connectivity index (χ0n) is 11.8. The number of amidine groups is 1.